The maximum absolute atomic E-state index is 14.8. The maximum atomic E-state index is 14.8. The first kappa shape index (κ1) is 26.0. The number of thiazole rings is 1. The van der Waals surface area contributed by atoms with Gasteiger partial charge in [0.05, 0.1) is 16.9 Å². The van der Waals surface area contributed by atoms with Gasteiger partial charge in [-0.3, -0.25) is 0 Å². The van der Waals surface area contributed by atoms with Crippen molar-refractivity contribution < 1.29 is 30.7 Å². The molecule has 1 fully saturated rings. The quantitative estimate of drug-likeness (QED) is 0.337. The molecule has 2 aromatic carbocycles. The molecule has 2 heterocycles. The molecule has 3 N–H and O–H groups in total. The summed E-state index contributed by atoms with van der Waals surface area (Å²) in [6.45, 7) is 1.14. The van der Waals surface area contributed by atoms with Gasteiger partial charge in [0, 0.05) is 36.3 Å². The van der Waals surface area contributed by atoms with Crippen LogP contribution in [0.1, 0.15) is 6.42 Å². The topological polar surface area (TPSA) is 95.6 Å². The van der Waals surface area contributed by atoms with Crippen molar-refractivity contribution in [2.75, 3.05) is 41.5 Å². The number of hydrogen-bond acceptors (Lipinski definition) is 9. The second kappa shape index (κ2) is 10.5. The molecule has 0 radical (unpaired) electrons. The second-order valence-electron chi connectivity index (χ2n) is 8.03. The van der Waals surface area contributed by atoms with Crippen molar-refractivity contribution in [2.24, 2.45) is 0 Å². The van der Waals surface area contributed by atoms with E-state index in [1.807, 2.05) is 4.90 Å². The number of aromatic nitrogens is 1. The van der Waals surface area contributed by atoms with Crippen LogP contribution in [0.3, 0.4) is 0 Å². The molecule has 0 saturated carbocycles. The Morgan fingerprint density at radius 1 is 1.22 bits per heavy atom. The lowest BCUT2D eigenvalue weighted by molar-refractivity contribution is -0.274. The minimum absolute atomic E-state index is 0.157. The molecule has 14 heteroatoms. The van der Waals surface area contributed by atoms with Crippen LogP contribution in [0.4, 0.5) is 40.4 Å². The van der Waals surface area contributed by atoms with Crippen LogP contribution in [0.25, 0.3) is 0 Å². The van der Waals surface area contributed by atoms with Gasteiger partial charge < -0.3 is 25.6 Å². The van der Waals surface area contributed by atoms with Crippen LogP contribution in [0.2, 0.25) is 0 Å². The zero-order chi connectivity index (χ0) is 25.9. The molecule has 1 aromatic heterocycles. The van der Waals surface area contributed by atoms with Gasteiger partial charge in [-0.2, -0.15) is 0 Å². The fraction of sp³-hybridized carbons (Fsp3) is 0.318. The summed E-state index contributed by atoms with van der Waals surface area (Å²) in [4.78, 5) is 5.34. The van der Waals surface area contributed by atoms with Crippen molar-refractivity contribution >= 4 is 44.1 Å². The Balaban J connectivity index is 1.57. The number of nitrogens with zero attached hydrogens (tertiary/aromatic N) is 2. The van der Waals surface area contributed by atoms with Crippen LogP contribution in [-0.2, 0) is 9.84 Å². The SMILES string of the molecule is CNC1CCN(c2cc(OC(F)(F)F)ccc2Nc2ccc(S(=O)(=O)CNc3cscn3)c(F)c2)C1. The van der Waals surface area contributed by atoms with Gasteiger partial charge in [0.1, 0.15) is 28.2 Å². The predicted octanol–water partition coefficient (Wildman–Crippen LogP) is 4.57. The van der Waals surface area contributed by atoms with E-state index < -0.39 is 32.8 Å². The number of nitrogens with one attached hydrogen (secondary N) is 3. The van der Waals surface area contributed by atoms with E-state index in [2.05, 4.69) is 25.7 Å². The molecule has 194 valence electrons. The van der Waals surface area contributed by atoms with Gasteiger partial charge >= 0.3 is 6.36 Å². The average Bonchev–Trinajstić information content (AvgIpc) is 3.50. The molecule has 3 aromatic rings. The molecule has 0 aliphatic carbocycles. The standard InChI is InChI=1S/C22H23F4N5O3S2/c1-27-15-6-7-31(10-15)19-9-16(34-22(24,25)26)3-4-18(19)30-14-2-5-20(17(23)8-14)36(32,33)13-29-21-11-35-12-28-21/h2-5,8-9,11-12,15,27,29-30H,6-7,10,13H2,1H3. The van der Waals surface area contributed by atoms with Crippen molar-refractivity contribution in [3.8, 4) is 5.75 Å². The highest BCUT2D eigenvalue weighted by Gasteiger charge is 2.32. The third kappa shape index (κ3) is 6.36. The summed E-state index contributed by atoms with van der Waals surface area (Å²) in [5.74, 6) is -1.51. The lowest BCUT2D eigenvalue weighted by Crippen LogP contribution is -2.29. The summed E-state index contributed by atoms with van der Waals surface area (Å²) in [5.41, 5.74) is 2.63. The minimum atomic E-state index is -4.84. The predicted molar refractivity (Wildman–Crippen MR) is 130 cm³/mol. The average molecular weight is 546 g/mol. The van der Waals surface area contributed by atoms with Crippen molar-refractivity contribution in [1.82, 2.24) is 10.3 Å². The van der Waals surface area contributed by atoms with Gasteiger partial charge in [-0.25, -0.2) is 17.8 Å². The summed E-state index contributed by atoms with van der Waals surface area (Å²) >= 11 is 1.29. The number of hydrogen-bond donors (Lipinski definition) is 3. The first-order chi connectivity index (χ1) is 17.0. The third-order valence-corrected chi connectivity index (χ3v) is 7.67. The number of anilines is 4. The van der Waals surface area contributed by atoms with E-state index in [1.54, 1.807) is 12.4 Å². The van der Waals surface area contributed by atoms with Crippen LogP contribution in [0.5, 0.6) is 5.75 Å². The van der Waals surface area contributed by atoms with Crippen LogP contribution < -0.4 is 25.6 Å². The fourth-order valence-corrected chi connectivity index (χ4v) is 5.46. The van der Waals surface area contributed by atoms with Gasteiger partial charge in [0.15, 0.2) is 9.84 Å². The lowest BCUT2D eigenvalue weighted by atomic mass is 10.2. The first-order valence-electron chi connectivity index (χ1n) is 10.8. The molecule has 0 spiro atoms. The largest absolute Gasteiger partial charge is 0.573 e. The summed E-state index contributed by atoms with van der Waals surface area (Å²) in [7, 11) is -2.19. The molecule has 1 unspecified atom stereocenters. The van der Waals surface area contributed by atoms with E-state index in [0.29, 0.717) is 30.3 Å². The Hall–Kier alpha value is -3.10. The Kier molecular flexibility index (Phi) is 7.57. The molecule has 1 aliphatic heterocycles. The van der Waals surface area contributed by atoms with Crippen LogP contribution in [-0.4, -0.2) is 51.8 Å². The number of rotatable bonds is 9. The summed E-state index contributed by atoms with van der Waals surface area (Å²) < 4.78 is 82.4. The maximum Gasteiger partial charge on any atom is 0.573 e. The van der Waals surface area contributed by atoms with Gasteiger partial charge in [-0.1, -0.05) is 0 Å². The van der Waals surface area contributed by atoms with Crippen LogP contribution in [0, 0.1) is 5.82 Å². The zero-order valence-electron chi connectivity index (χ0n) is 19.0. The van der Waals surface area contributed by atoms with Gasteiger partial charge in [0.2, 0.25) is 0 Å². The molecule has 0 amide bonds. The Bertz CT molecular complexity index is 1300. The van der Waals surface area contributed by atoms with E-state index in [1.165, 1.54) is 35.0 Å². The molecule has 1 aliphatic rings. The number of alkyl halides is 3. The molecule has 4 rings (SSSR count). The molecule has 36 heavy (non-hydrogen) atoms. The summed E-state index contributed by atoms with van der Waals surface area (Å²) in [5, 5.41) is 10.4. The van der Waals surface area contributed by atoms with Crippen molar-refractivity contribution in [3.63, 3.8) is 0 Å². The first-order valence-corrected chi connectivity index (χ1v) is 13.4. The number of benzene rings is 2. The zero-order valence-corrected chi connectivity index (χ0v) is 20.6. The minimum Gasteiger partial charge on any atom is -0.406 e. The lowest BCUT2D eigenvalue weighted by Gasteiger charge is -2.24. The molecule has 1 saturated heterocycles. The van der Waals surface area contributed by atoms with E-state index in [9.17, 15) is 26.0 Å². The van der Waals surface area contributed by atoms with Gasteiger partial charge in [0.25, 0.3) is 0 Å². The van der Waals surface area contributed by atoms with E-state index >= 15 is 0 Å². The van der Waals surface area contributed by atoms with Gasteiger partial charge in [-0.15, -0.1) is 24.5 Å². The van der Waals surface area contributed by atoms with Crippen molar-refractivity contribution in [2.45, 2.75) is 23.7 Å². The third-order valence-electron chi connectivity index (χ3n) is 5.56. The summed E-state index contributed by atoms with van der Waals surface area (Å²) in [6, 6.07) is 7.55. The van der Waals surface area contributed by atoms with Crippen molar-refractivity contribution in [3.05, 3.63) is 53.1 Å². The normalized spacial score (nSPS) is 16.2. The molecule has 1 atom stereocenters. The van der Waals surface area contributed by atoms with Crippen LogP contribution >= 0.6 is 11.3 Å². The highest BCUT2D eigenvalue weighted by Crippen LogP contribution is 2.36. The van der Waals surface area contributed by atoms with Gasteiger partial charge in [-0.05, 0) is 43.8 Å². The Labute approximate surface area is 209 Å². The molecule has 8 nitrogen and oxygen atoms in total. The second-order valence-corrected chi connectivity index (χ2v) is 10.7. The van der Waals surface area contributed by atoms with E-state index in [-0.39, 0.29) is 17.5 Å². The fourth-order valence-electron chi connectivity index (χ4n) is 3.82. The molecule has 0 bridgehead atoms. The van der Waals surface area contributed by atoms with Crippen LogP contribution in [0.15, 0.2) is 52.2 Å². The molecular formula is C22H23F4N5O3S2. The number of likely N-dealkylation sites (N-methyl/N-ethyl adjacent to an activating group) is 1. The number of sulfone groups is 1. The number of ether oxygens (including phenoxy) is 1. The van der Waals surface area contributed by atoms with E-state index in [4.69, 9.17) is 0 Å². The Morgan fingerprint density at radius 2 is 2.03 bits per heavy atom. The highest BCUT2D eigenvalue weighted by atomic mass is 32.2. The Morgan fingerprint density at radius 3 is 2.67 bits per heavy atom. The summed E-state index contributed by atoms with van der Waals surface area (Å²) in [6.07, 6.45) is -4.06. The van der Waals surface area contributed by atoms with Crippen molar-refractivity contribution in [1.29, 1.82) is 0 Å². The smallest absolute Gasteiger partial charge is 0.406 e. The molecular weight excluding hydrogens is 522 g/mol. The monoisotopic (exact) mass is 545 g/mol. The number of halogens is 4. The highest BCUT2D eigenvalue weighted by molar-refractivity contribution is 7.91. The van der Waals surface area contributed by atoms with E-state index in [0.717, 1.165) is 24.6 Å².